The number of hydrogen-bond donors (Lipinski definition) is 3. The zero-order chi connectivity index (χ0) is 15.2. The lowest BCUT2D eigenvalue weighted by Gasteiger charge is -2.07. The molecule has 1 aliphatic carbocycles. The van der Waals surface area contributed by atoms with Crippen molar-refractivity contribution in [2.75, 3.05) is 13.1 Å². The summed E-state index contributed by atoms with van der Waals surface area (Å²) in [6.07, 6.45) is 1.94. The van der Waals surface area contributed by atoms with Gasteiger partial charge in [0.25, 0.3) is 5.91 Å². The molecule has 1 fully saturated rings. The molecule has 1 aliphatic rings. The summed E-state index contributed by atoms with van der Waals surface area (Å²) in [5.74, 6) is 3.70. The summed E-state index contributed by atoms with van der Waals surface area (Å²) in [7, 11) is 0. The summed E-state index contributed by atoms with van der Waals surface area (Å²) in [5.41, 5.74) is 5.56. The molecule has 2 amide bonds. The Morgan fingerprint density at radius 3 is 2.76 bits per heavy atom. The Morgan fingerprint density at radius 1 is 1.38 bits per heavy atom. The van der Waals surface area contributed by atoms with Crippen LogP contribution in [0, 0.1) is 17.7 Å². The average molecular weight is 289 g/mol. The molecule has 0 saturated heterocycles. The highest BCUT2D eigenvalue weighted by atomic mass is 19.1. The van der Waals surface area contributed by atoms with Crippen LogP contribution in [0.1, 0.15) is 28.8 Å². The molecule has 4 N–H and O–H groups in total. The van der Waals surface area contributed by atoms with Gasteiger partial charge in [0, 0.05) is 11.6 Å². The molecular weight excluding hydrogens is 273 g/mol. The molecule has 2 rings (SSSR count). The number of benzene rings is 1. The van der Waals surface area contributed by atoms with Crippen LogP contribution < -0.4 is 16.4 Å². The maximum absolute atomic E-state index is 13.8. The second-order valence-corrected chi connectivity index (χ2v) is 4.72. The highest BCUT2D eigenvalue weighted by Gasteiger charge is 2.23. The predicted octanol–water partition coefficient (Wildman–Crippen LogP) is 0.144. The SMILES string of the molecule is NCC#Cc1ccc(C(=O)NCC(=O)NC2CC2)c(F)c1. The lowest BCUT2D eigenvalue weighted by molar-refractivity contribution is -0.120. The lowest BCUT2D eigenvalue weighted by atomic mass is 10.1. The summed E-state index contributed by atoms with van der Waals surface area (Å²) in [6, 6.07) is 4.27. The third-order valence-corrected chi connectivity index (χ3v) is 2.90. The van der Waals surface area contributed by atoms with Crippen LogP contribution in [0.25, 0.3) is 0 Å². The molecule has 0 radical (unpaired) electrons. The Morgan fingerprint density at radius 2 is 2.14 bits per heavy atom. The number of rotatable bonds is 4. The maximum Gasteiger partial charge on any atom is 0.254 e. The Bertz CT molecular complexity index is 615. The van der Waals surface area contributed by atoms with Gasteiger partial charge in [0.1, 0.15) is 5.82 Å². The first-order valence-corrected chi connectivity index (χ1v) is 6.66. The van der Waals surface area contributed by atoms with Crippen molar-refractivity contribution in [3.05, 3.63) is 35.1 Å². The second-order valence-electron chi connectivity index (χ2n) is 4.72. The van der Waals surface area contributed by atoms with E-state index in [1.807, 2.05) is 0 Å². The topological polar surface area (TPSA) is 84.2 Å². The number of hydrogen-bond acceptors (Lipinski definition) is 3. The zero-order valence-corrected chi connectivity index (χ0v) is 11.4. The number of nitrogens with two attached hydrogens (primary N) is 1. The average Bonchev–Trinajstić information content (AvgIpc) is 3.26. The van der Waals surface area contributed by atoms with Crippen LogP contribution in [0.3, 0.4) is 0 Å². The Kier molecular flexibility index (Phi) is 4.90. The number of nitrogens with one attached hydrogen (secondary N) is 2. The summed E-state index contributed by atoms with van der Waals surface area (Å²) in [5, 5.41) is 5.12. The monoisotopic (exact) mass is 289 g/mol. The third kappa shape index (κ3) is 4.58. The van der Waals surface area contributed by atoms with E-state index in [2.05, 4.69) is 22.5 Å². The minimum Gasteiger partial charge on any atom is -0.352 e. The molecule has 5 nitrogen and oxygen atoms in total. The molecule has 0 aromatic heterocycles. The van der Waals surface area contributed by atoms with Crippen LogP contribution in [-0.2, 0) is 4.79 Å². The summed E-state index contributed by atoms with van der Waals surface area (Å²) in [6.45, 7) is 0.0173. The van der Waals surface area contributed by atoms with Crippen molar-refractivity contribution in [2.24, 2.45) is 5.73 Å². The van der Waals surface area contributed by atoms with Crippen molar-refractivity contribution in [3.8, 4) is 11.8 Å². The number of carbonyl (C=O) groups is 2. The van der Waals surface area contributed by atoms with Gasteiger partial charge in [-0.2, -0.15) is 0 Å². The van der Waals surface area contributed by atoms with Gasteiger partial charge >= 0.3 is 0 Å². The second kappa shape index (κ2) is 6.86. The van der Waals surface area contributed by atoms with Gasteiger partial charge in [-0.1, -0.05) is 11.8 Å². The predicted molar refractivity (Wildman–Crippen MR) is 75.8 cm³/mol. The van der Waals surface area contributed by atoms with Gasteiger partial charge in [-0.3, -0.25) is 9.59 Å². The molecule has 0 spiro atoms. The van der Waals surface area contributed by atoms with E-state index in [-0.39, 0.29) is 30.6 Å². The molecular formula is C15H16FN3O2. The summed E-state index contributed by atoms with van der Waals surface area (Å²) < 4.78 is 13.8. The molecule has 1 saturated carbocycles. The van der Waals surface area contributed by atoms with Crippen molar-refractivity contribution in [1.29, 1.82) is 0 Å². The van der Waals surface area contributed by atoms with Gasteiger partial charge in [0.2, 0.25) is 5.91 Å². The van der Waals surface area contributed by atoms with E-state index in [0.717, 1.165) is 12.8 Å². The van der Waals surface area contributed by atoms with E-state index < -0.39 is 11.7 Å². The molecule has 110 valence electrons. The minimum atomic E-state index is -0.682. The quantitative estimate of drug-likeness (QED) is 0.690. The highest BCUT2D eigenvalue weighted by molar-refractivity contribution is 5.96. The van der Waals surface area contributed by atoms with Crippen LogP contribution in [0.2, 0.25) is 0 Å². The van der Waals surface area contributed by atoms with Gasteiger partial charge in [0.05, 0.1) is 18.7 Å². The molecule has 0 bridgehead atoms. The van der Waals surface area contributed by atoms with Crippen molar-refractivity contribution in [2.45, 2.75) is 18.9 Å². The summed E-state index contributed by atoms with van der Waals surface area (Å²) >= 11 is 0. The van der Waals surface area contributed by atoms with Crippen molar-refractivity contribution < 1.29 is 14.0 Å². The van der Waals surface area contributed by atoms with E-state index in [9.17, 15) is 14.0 Å². The lowest BCUT2D eigenvalue weighted by Crippen LogP contribution is -2.38. The van der Waals surface area contributed by atoms with E-state index in [1.54, 1.807) is 0 Å². The van der Waals surface area contributed by atoms with E-state index in [0.29, 0.717) is 5.56 Å². The molecule has 0 atom stereocenters. The van der Waals surface area contributed by atoms with Crippen molar-refractivity contribution in [3.63, 3.8) is 0 Å². The van der Waals surface area contributed by atoms with Gasteiger partial charge < -0.3 is 16.4 Å². The molecule has 0 unspecified atom stereocenters. The summed E-state index contributed by atoms with van der Waals surface area (Å²) in [4.78, 5) is 23.2. The van der Waals surface area contributed by atoms with Crippen LogP contribution in [0.15, 0.2) is 18.2 Å². The highest BCUT2D eigenvalue weighted by Crippen LogP contribution is 2.18. The Hall–Kier alpha value is -2.39. The molecule has 1 aromatic rings. The van der Waals surface area contributed by atoms with Gasteiger partial charge in [-0.05, 0) is 31.0 Å². The normalized spacial score (nSPS) is 13.0. The Balaban J connectivity index is 1.93. The minimum absolute atomic E-state index is 0.118. The number of amides is 2. The van der Waals surface area contributed by atoms with Crippen molar-refractivity contribution >= 4 is 11.8 Å². The van der Waals surface area contributed by atoms with Crippen LogP contribution >= 0.6 is 0 Å². The largest absolute Gasteiger partial charge is 0.352 e. The first-order chi connectivity index (χ1) is 10.1. The van der Waals surface area contributed by atoms with Crippen LogP contribution in [0.4, 0.5) is 4.39 Å². The molecule has 0 aliphatic heterocycles. The standard InChI is InChI=1S/C15H16FN3O2/c16-13-8-10(2-1-7-17)3-6-12(13)15(21)18-9-14(20)19-11-4-5-11/h3,6,8,11H,4-5,7,9,17H2,(H,18,21)(H,19,20). The van der Waals surface area contributed by atoms with E-state index in [4.69, 9.17) is 5.73 Å². The smallest absolute Gasteiger partial charge is 0.254 e. The first kappa shape index (κ1) is 15.0. The zero-order valence-electron chi connectivity index (χ0n) is 11.4. The molecule has 21 heavy (non-hydrogen) atoms. The first-order valence-electron chi connectivity index (χ1n) is 6.66. The number of carbonyl (C=O) groups excluding carboxylic acids is 2. The van der Waals surface area contributed by atoms with E-state index in [1.165, 1.54) is 18.2 Å². The van der Waals surface area contributed by atoms with E-state index >= 15 is 0 Å². The fourth-order valence-corrected chi connectivity index (χ4v) is 1.69. The van der Waals surface area contributed by atoms with Crippen LogP contribution in [-0.4, -0.2) is 30.9 Å². The third-order valence-electron chi connectivity index (χ3n) is 2.90. The molecule has 0 heterocycles. The fraction of sp³-hybridized carbons (Fsp3) is 0.333. The molecule has 6 heteroatoms. The fourth-order valence-electron chi connectivity index (χ4n) is 1.69. The van der Waals surface area contributed by atoms with Gasteiger partial charge in [0.15, 0.2) is 0 Å². The van der Waals surface area contributed by atoms with Gasteiger partial charge in [-0.25, -0.2) is 4.39 Å². The maximum atomic E-state index is 13.8. The Labute approximate surface area is 122 Å². The van der Waals surface area contributed by atoms with Crippen LogP contribution in [0.5, 0.6) is 0 Å². The number of halogens is 1. The molecule has 1 aromatic carbocycles. The van der Waals surface area contributed by atoms with Gasteiger partial charge in [-0.15, -0.1) is 0 Å². The van der Waals surface area contributed by atoms with Crippen molar-refractivity contribution in [1.82, 2.24) is 10.6 Å².